The van der Waals surface area contributed by atoms with Gasteiger partial charge in [0.1, 0.15) is 4.88 Å². The number of carbonyl (C=O) groups is 1. The van der Waals surface area contributed by atoms with Crippen molar-refractivity contribution in [1.82, 2.24) is 5.32 Å². The lowest BCUT2D eigenvalue weighted by molar-refractivity contribution is 0.0701. The second-order valence-electron chi connectivity index (χ2n) is 3.52. The highest BCUT2D eigenvalue weighted by Gasteiger charge is 2.11. The lowest BCUT2D eigenvalue weighted by Gasteiger charge is -2.13. The fourth-order valence-electron chi connectivity index (χ4n) is 1.30. The molecule has 0 aliphatic rings. The molecule has 2 N–H and O–H groups in total. The standard InChI is InChI=1S/C11H17NO3S/c1-3-15-7-8(2)12-6-9-4-5-16-10(9)11(13)14/h4-5,8,12H,3,6-7H2,1-2H3,(H,13,14). The first-order valence-corrected chi connectivity index (χ1v) is 6.14. The van der Waals surface area contributed by atoms with Gasteiger partial charge in [-0.2, -0.15) is 0 Å². The van der Waals surface area contributed by atoms with Crippen molar-refractivity contribution < 1.29 is 14.6 Å². The van der Waals surface area contributed by atoms with Crippen LogP contribution in [0.25, 0.3) is 0 Å². The van der Waals surface area contributed by atoms with Crippen LogP contribution in [0.5, 0.6) is 0 Å². The lowest BCUT2D eigenvalue weighted by atomic mass is 10.2. The number of aromatic carboxylic acids is 1. The molecule has 1 heterocycles. The summed E-state index contributed by atoms with van der Waals surface area (Å²) >= 11 is 1.26. The highest BCUT2D eigenvalue weighted by molar-refractivity contribution is 7.12. The third-order valence-corrected chi connectivity index (χ3v) is 3.10. The van der Waals surface area contributed by atoms with E-state index in [1.165, 1.54) is 11.3 Å². The quantitative estimate of drug-likeness (QED) is 0.768. The van der Waals surface area contributed by atoms with Gasteiger partial charge in [0.2, 0.25) is 0 Å². The van der Waals surface area contributed by atoms with E-state index < -0.39 is 5.97 Å². The summed E-state index contributed by atoms with van der Waals surface area (Å²) < 4.78 is 5.27. The molecule has 4 nitrogen and oxygen atoms in total. The van der Waals surface area contributed by atoms with Crippen molar-refractivity contribution in [2.45, 2.75) is 26.4 Å². The highest BCUT2D eigenvalue weighted by atomic mass is 32.1. The molecule has 0 radical (unpaired) electrons. The van der Waals surface area contributed by atoms with Gasteiger partial charge >= 0.3 is 5.97 Å². The minimum absolute atomic E-state index is 0.224. The van der Waals surface area contributed by atoms with Crippen LogP contribution in [0.15, 0.2) is 11.4 Å². The van der Waals surface area contributed by atoms with Crippen molar-refractivity contribution in [2.75, 3.05) is 13.2 Å². The van der Waals surface area contributed by atoms with Crippen molar-refractivity contribution in [1.29, 1.82) is 0 Å². The van der Waals surface area contributed by atoms with Crippen molar-refractivity contribution in [3.63, 3.8) is 0 Å². The summed E-state index contributed by atoms with van der Waals surface area (Å²) in [5.41, 5.74) is 0.834. The average molecular weight is 243 g/mol. The molecule has 0 amide bonds. The Morgan fingerprint density at radius 2 is 2.44 bits per heavy atom. The molecule has 1 unspecified atom stereocenters. The molecule has 0 aromatic carbocycles. The minimum Gasteiger partial charge on any atom is -0.477 e. The highest BCUT2D eigenvalue weighted by Crippen LogP contribution is 2.16. The fraction of sp³-hybridized carbons (Fsp3) is 0.545. The molecule has 0 saturated heterocycles. The van der Waals surface area contributed by atoms with Gasteiger partial charge in [0, 0.05) is 19.2 Å². The molecule has 1 aromatic rings. The van der Waals surface area contributed by atoms with E-state index in [2.05, 4.69) is 5.32 Å². The van der Waals surface area contributed by atoms with Crippen LogP contribution in [0.1, 0.15) is 29.1 Å². The van der Waals surface area contributed by atoms with E-state index in [9.17, 15) is 4.79 Å². The molecule has 5 heteroatoms. The Bertz CT molecular complexity index is 338. The number of nitrogens with one attached hydrogen (secondary N) is 1. The number of carboxylic acids is 1. The molecule has 16 heavy (non-hydrogen) atoms. The Morgan fingerprint density at radius 3 is 3.06 bits per heavy atom. The van der Waals surface area contributed by atoms with E-state index in [-0.39, 0.29) is 6.04 Å². The molecule has 1 aromatic heterocycles. The maximum Gasteiger partial charge on any atom is 0.346 e. The number of hydrogen-bond donors (Lipinski definition) is 2. The molecule has 0 bridgehead atoms. The molecular formula is C11H17NO3S. The monoisotopic (exact) mass is 243 g/mol. The zero-order chi connectivity index (χ0) is 12.0. The van der Waals surface area contributed by atoms with Gasteiger partial charge in [-0.25, -0.2) is 4.79 Å². The van der Waals surface area contributed by atoms with Crippen LogP contribution in [0.4, 0.5) is 0 Å². The third kappa shape index (κ3) is 3.92. The Kier molecular flexibility index (Phi) is 5.45. The fourth-order valence-corrected chi connectivity index (χ4v) is 2.06. The van der Waals surface area contributed by atoms with Crippen LogP contribution >= 0.6 is 11.3 Å². The summed E-state index contributed by atoms with van der Waals surface area (Å²) in [6.45, 7) is 5.88. The SMILES string of the molecule is CCOCC(C)NCc1ccsc1C(=O)O. The summed E-state index contributed by atoms with van der Waals surface area (Å²) in [5.74, 6) is -0.857. The van der Waals surface area contributed by atoms with Crippen LogP contribution < -0.4 is 5.32 Å². The molecule has 0 spiro atoms. The largest absolute Gasteiger partial charge is 0.477 e. The molecule has 1 atom stereocenters. The smallest absolute Gasteiger partial charge is 0.346 e. The molecule has 1 rings (SSSR count). The van der Waals surface area contributed by atoms with Crippen LogP contribution in [0.2, 0.25) is 0 Å². The van der Waals surface area contributed by atoms with Crippen LogP contribution in [0.3, 0.4) is 0 Å². The van der Waals surface area contributed by atoms with Gasteiger partial charge in [-0.15, -0.1) is 11.3 Å². The molecule has 90 valence electrons. The summed E-state index contributed by atoms with van der Waals surface area (Å²) in [6, 6.07) is 2.07. The first-order valence-electron chi connectivity index (χ1n) is 5.26. The number of rotatable bonds is 7. The zero-order valence-electron chi connectivity index (χ0n) is 9.53. The zero-order valence-corrected chi connectivity index (χ0v) is 10.3. The average Bonchev–Trinajstić information content (AvgIpc) is 2.71. The maximum atomic E-state index is 10.9. The summed E-state index contributed by atoms with van der Waals surface area (Å²) in [4.78, 5) is 11.3. The van der Waals surface area contributed by atoms with Gasteiger partial charge in [-0.05, 0) is 30.9 Å². The van der Waals surface area contributed by atoms with Gasteiger partial charge in [0.15, 0.2) is 0 Å². The number of hydrogen-bond acceptors (Lipinski definition) is 4. The van der Waals surface area contributed by atoms with Crippen molar-refractivity contribution in [3.05, 3.63) is 21.9 Å². The summed E-state index contributed by atoms with van der Waals surface area (Å²) in [6.07, 6.45) is 0. The van der Waals surface area contributed by atoms with E-state index in [1.54, 1.807) is 5.38 Å². The summed E-state index contributed by atoms with van der Waals surface area (Å²) in [5, 5.41) is 14.0. The van der Waals surface area contributed by atoms with Crippen molar-refractivity contribution in [3.8, 4) is 0 Å². The van der Waals surface area contributed by atoms with E-state index >= 15 is 0 Å². The second kappa shape index (κ2) is 6.62. The van der Waals surface area contributed by atoms with Gasteiger partial charge < -0.3 is 15.2 Å². The van der Waals surface area contributed by atoms with E-state index in [1.807, 2.05) is 19.9 Å². The molecular weight excluding hydrogens is 226 g/mol. The van der Waals surface area contributed by atoms with Crippen LogP contribution in [0, 0.1) is 0 Å². The minimum atomic E-state index is -0.857. The van der Waals surface area contributed by atoms with Crippen molar-refractivity contribution >= 4 is 17.3 Å². The second-order valence-corrected chi connectivity index (χ2v) is 4.44. The molecule has 0 aliphatic heterocycles. The first-order chi connectivity index (χ1) is 7.65. The van der Waals surface area contributed by atoms with E-state index in [0.29, 0.717) is 24.6 Å². The Hall–Kier alpha value is -0.910. The normalized spacial score (nSPS) is 12.6. The first kappa shape index (κ1) is 13.2. The molecule has 0 fully saturated rings. The van der Waals surface area contributed by atoms with Crippen LogP contribution in [-0.4, -0.2) is 30.3 Å². The van der Waals surface area contributed by atoms with Gasteiger partial charge in [-0.1, -0.05) is 0 Å². The Morgan fingerprint density at radius 1 is 1.69 bits per heavy atom. The van der Waals surface area contributed by atoms with E-state index in [0.717, 1.165) is 5.56 Å². The predicted octanol–water partition coefficient (Wildman–Crippen LogP) is 1.96. The Balaban J connectivity index is 2.42. The molecule has 0 saturated carbocycles. The lowest BCUT2D eigenvalue weighted by Crippen LogP contribution is -2.30. The molecule has 0 aliphatic carbocycles. The van der Waals surface area contributed by atoms with Gasteiger partial charge in [0.25, 0.3) is 0 Å². The van der Waals surface area contributed by atoms with Gasteiger partial charge in [-0.3, -0.25) is 0 Å². The Labute approximate surface area is 99.2 Å². The van der Waals surface area contributed by atoms with Crippen molar-refractivity contribution in [2.24, 2.45) is 0 Å². The topological polar surface area (TPSA) is 58.6 Å². The predicted molar refractivity (Wildman–Crippen MR) is 64.1 cm³/mol. The number of thiophene rings is 1. The summed E-state index contributed by atoms with van der Waals surface area (Å²) in [7, 11) is 0. The van der Waals surface area contributed by atoms with Crippen LogP contribution in [-0.2, 0) is 11.3 Å². The van der Waals surface area contributed by atoms with E-state index in [4.69, 9.17) is 9.84 Å². The maximum absolute atomic E-state index is 10.9. The van der Waals surface area contributed by atoms with Gasteiger partial charge in [0.05, 0.1) is 6.61 Å². The third-order valence-electron chi connectivity index (χ3n) is 2.15. The number of ether oxygens (including phenoxy) is 1. The number of carboxylic acid groups (broad SMARTS) is 1.